The SMILES string of the molecule is CCOc1ccc(/C=C/C(=O)N2CCN(C(=O)C(C)(C)C)CC2)cc1OCC. The zero-order valence-electron chi connectivity index (χ0n) is 17.7. The van der Waals surface area contributed by atoms with Crippen LogP contribution >= 0.6 is 0 Å². The van der Waals surface area contributed by atoms with Crippen LogP contribution in [0.2, 0.25) is 0 Å². The third-order valence-electron chi connectivity index (χ3n) is 4.51. The summed E-state index contributed by atoms with van der Waals surface area (Å²) in [5.41, 5.74) is 0.486. The van der Waals surface area contributed by atoms with Gasteiger partial charge in [-0.25, -0.2) is 0 Å². The molecule has 6 nitrogen and oxygen atoms in total. The second kappa shape index (κ2) is 9.62. The summed E-state index contributed by atoms with van der Waals surface area (Å²) in [4.78, 5) is 28.5. The van der Waals surface area contributed by atoms with Crippen molar-refractivity contribution >= 4 is 17.9 Å². The van der Waals surface area contributed by atoms with Gasteiger partial charge in [0.05, 0.1) is 13.2 Å². The van der Waals surface area contributed by atoms with E-state index in [0.717, 1.165) is 5.56 Å². The highest BCUT2D eigenvalue weighted by molar-refractivity contribution is 5.92. The lowest BCUT2D eigenvalue weighted by molar-refractivity contribution is -0.143. The summed E-state index contributed by atoms with van der Waals surface area (Å²) in [6.07, 6.45) is 3.36. The minimum absolute atomic E-state index is 0.0466. The lowest BCUT2D eigenvalue weighted by Crippen LogP contribution is -2.52. The lowest BCUT2D eigenvalue weighted by atomic mass is 9.94. The molecule has 1 fully saturated rings. The first-order valence-electron chi connectivity index (χ1n) is 9.92. The standard InChI is InChI=1S/C22H32N2O4/c1-6-27-18-10-8-17(16-19(18)28-7-2)9-11-20(25)23-12-14-24(15-13-23)21(26)22(3,4)5/h8-11,16H,6-7,12-15H2,1-5H3/b11-9+. The minimum Gasteiger partial charge on any atom is -0.490 e. The Balaban J connectivity index is 1.97. The van der Waals surface area contributed by atoms with Crippen molar-refractivity contribution in [1.82, 2.24) is 9.80 Å². The Morgan fingerprint density at radius 3 is 2.11 bits per heavy atom. The highest BCUT2D eigenvalue weighted by atomic mass is 16.5. The number of piperazine rings is 1. The number of carbonyl (C=O) groups excluding carboxylic acids is 2. The van der Waals surface area contributed by atoms with Crippen molar-refractivity contribution in [2.45, 2.75) is 34.6 Å². The van der Waals surface area contributed by atoms with Gasteiger partial charge in [-0.2, -0.15) is 0 Å². The Hall–Kier alpha value is -2.50. The number of hydrogen-bond acceptors (Lipinski definition) is 4. The molecule has 1 aromatic rings. The van der Waals surface area contributed by atoms with Crippen LogP contribution in [0.5, 0.6) is 11.5 Å². The van der Waals surface area contributed by atoms with E-state index in [1.54, 1.807) is 17.1 Å². The topological polar surface area (TPSA) is 59.1 Å². The summed E-state index contributed by atoms with van der Waals surface area (Å²) < 4.78 is 11.2. The third kappa shape index (κ3) is 5.75. The number of carbonyl (C=O) groups is 2. The number of ether oxygens (including phenoxy) is 2. The molecule has 2 rings (SSSR count). The van der Waals surface area contributed by atoms with E-state index in [1.807, 2.05) is 57.7 Å². The van der Waals surface area contributed by atoms with E-state index in [9.17, 15) is 9.59 Å². The molecule has 1 aromatic carbocycles. The molecule has 1 heterocycles. The molecule has 0 saturated carbocycles. The second-order valence-electron chi connectivity index (χ2n) is 7.77. The van der Waals surface area contributed by atoms with E-state index >= 15 is 0 Å². The molecule has 6 heteroatoms. The van der Waals surface area contributed by atoms with Gasteiger partial charge in [-0.3, -0.25) is 9.59 Å². The van der Waals surface area contributed by atoms with Crippen LogP contribution in [-0.2, 0) is 9.59 Å². The molecular formula is C22H32N2O4. The molecule has 28 heavy (non-hydrogen) atoms. The van der Waals surface area contributed by atoms with Crippen molar-refractivity contribution in [2.75, 3.05) is 39.4 Å². The summed E-state index contributed by atoms with van der Waals surface area (Å²) in [7, 11) is 0. The quantitative estimate of drug-likeness (QED) is 0.702. The van der Waals surface area contributed by atoms with Gasteiger partial charge in [-0.05, 0) is 37.6 Å². The molecule has 0 radical (unpaired) electrons. The number of nitrogens with zero attached hydrogens (tertiary/aromatic N) is 2. The second-order valence-corrected chi connectivity index (χ2v) is 7.77. The molecule has 0 unspecified atom stereocenters. The smallest absolute Gasteiger partial charge is 0.246 e. The predicted molar refractivity (Wildman–Crippen MR) is 110 cm³/mol. The molecule has 0 aromatic heterocycles. The van der Waals surface area contributed by atoms with Gasteiger partial charge in [-0.15, -0.1) is 0 Å². The average Bonchev–Trinajstić information content (AvgIpc) is 2.67. The monoisotopic (exact) mass is 388 g/mol. The molecule has 0 aliphatic carbocycles. The first kappa shape index (κ1) is 21.8. The predicted octanol–water partition coefficient (Wildman–Crippen LogP) is 3.21. The zero-order valence-corrected chi connectivity index (χ0v) is 17.7. The number of hydrogen-bond donors (Lipinski definition) is 0. The maximum atomic E-state index is 12.5. The highest BCUT2D eigenvalue weighted by Crippen LogP contribution is 2.29. The summed E-state index contributed by atoms with van der Waals surface area (Å²) in [6, 6.07) is 5.63. The fraction of sp³-hybridized carbons (Fsp3) is 0.545. The van der Waals surface area contributed by atoms with Gasteiger partial charge < -0.3 is 19.3 Å². The van der Waals surface area contributed by atoms with Crippen LogP contribution in [0.15, 0.2) is 24.3 Å². The molecule has 1 aliphatic heterocycles. The minimum atomic E-state index is -0.391. The van der Waals surface area contributed by atoms with E-state index < -0.39 is 5.41 Å². The Morgan fingerprint density at radius 1 is 0.964 bits per heavy atom. The van der Waals surface area contributed by atoms with Crippen molar-refractivity contribution < 1.29 is 19.1 Å². The molecule has 0 spiro atoms. The van der Waals surface area contributed by atoms with Crippen LogP contribution < -0.4 is 9.47 Å². The maximum Gasteiger partial charge on any atom is 0.246 e. The van der Waals surface area contributed by atoms with Gasteiger partial charge in [0.2, 0.25) is 11.8 Å². The van der Waals surface area contributed by atoms with Crippen molar-refractivity contribution in [3.05, 3.63) is 29.8 Å². The van der Waals surface area contributed by atoms with Crippen molar-refractivity contribution in [3.8, 4) is 11.5 Å². The van der Waals surface area contributed by atoms with Crippen molar-refractivity contribution in [1.29, 1.82) is 0 Å². The van der Waals surface area contributed by atoms with Crippen molar-refractivity contribution in [3.63, 3.8) is 0 Å². The summed E-state index contributed by atoms with van der Waals surface area (Å²) in [6.45, 7) is 13.0. The van der Waals surface area contributed by atoms with Gasteiger partial charge in [-0.1, -0.05) is 26.8 Å². The normalized spacial score (nSPS) is 15.0. The molecular weight excluding hydrogens is 356 g/mol. The number of amides is 2. The summed E-state index contributed by atoms with van der Waals surface area (Å²) >= 11 is 0. The van der Waals surface area contributed by atoms with Crippen LogP contribution in [0.3, 0.4) is 0 Å². The van der Waals surface area contributed by atoms with Crippen LogP contribution in [-0.4, -0.2) is 61.0 Å². The Kier molecular flexibility index (Phi) is 7.49. The number of rotatable bonds is 6. The van der Waals surface area contributed by atoms with Crippen molar-refractivity contribution in [2.24, 2.45) is 5.41 Å². The fourth-order valence-corrected chi connectivity index (χ4v) is 3.05. The number of benzene rings is 1. The van der Waals surface area contributed by atoms with E-state index in [2.05, 4.69) is 0 Å². The van der Waals surface area contributed by atoms with E-state index in [4.69, 9.17) is 9.47 Å². The Labute approximate surface area is 168 Å². The summed E-state index contributed by atoms with van der Waals surface area (Å²) in [5, 5.41) is 0. The largest absolute Gasteiger partial charge is 0.490 e. The van der Waals surface area contributed by atoms with Crippen LogP contribution in [0.4, 0.5) is 0 Å². The maximum absolute atomic E-state index is 12.5. The molecule has 2 amide bonds. The lowest BCUT2D eigenvalue weighted by Gasteiger charge is -2.37. The zero-order chi connectivity index (χ0) is 20.7. The van der Waals surface area contributed by atoms with Gasteiger partial charge in [0.15, 0.2) is 11.5 Å². The van der Waals surface area contributed by atoms with Crippen LogP contribution in [0.25, 0.3) is 6.08 Å². The van der Waals surface area contributed by atoms with E-state index in [1.165, 1.54) is 0 Å². The first-order valence-corrected chi connectivity index (χ1v) is 9.92. The molecule has 0 atom stereocenters. The fourth-order valence-electron chi connectivity index (χ4n) is 3.05. The average molecular weight is 389 g/mol. The van der Waals surface area contributed by atoms with E-state index in [-0.39, 0.29) is 11.8 Å². The van der Waals surface area contributed by atoms with Gasteiger partial charge in [0, 0.05) is 37.7 Å². The van der Waals surface area contributed by atoms with Gasteiger partial charge in [0.1, 0.15) is 0 Å². The molecule has 0 N–H and O–H groups in total. The Morgan fingerprint density at radius 2 is 1.54 bits per heavy atom. The molecule has 1 aliphatic rings. The van der Waals surface area contributed by atoms with Crippen LogP contribution in [0.1, 0.15) is 40.2 Å². The Bertz CT molecular complexity index is 714. The first-order chi connectivity index (χ1) is 13.3. The molecule has 0 bridgehead atoms. The van der Waals surface area contributed by atoms with Crippen LogP contribution in [0, 0.1) is 5.41 Å². The summed E-state index contributed by atoms with van der Waals surface area (Å²) in [5.74, 6) is 1.46. The molecule has 1 saturated heterocycles. The van der Waals surface area contributed by atoms with E-state index in [0.29, 0.717) is 50.9 Å². The highest BCUT2D eigenvalue weighted by Gasteiger charge is 2.30. The van der Waals surface area contributed by atoms with Gasteiger partial charge in [0.25, 0.3) is 0 Å². The molecule has 154 valence electrons. The van der Waals surface area contributed by atoms with Gasteiger partial charge >= 0.3 is 0 Å². The third-order valence-corrected chi connectivity index (χ3v) is 4.51.